The van der Waals surface area contributed by atoms with E-state index in [2.05, 4.69) is 0 Å². The predicted molar refractivity (Wildman–Crippen MR) is 37.4 cm³/mol. The van der Waals surface area contributed by atoms with Gasteiger partial charge in [0.05, 0.1) is 12.7 Å². The van der Waals surface area contributed by atoms with E-state index in [1.807, 2.05) is 13.8 Å². The standard InChI is InChI=1S/C5H10O2.C2H6/c6-4-5-2-1-3-7-5;1-2/h5-6H,1-4H2;1-2H3/t5-;/m0./s1. The summed E-state index contributed by atoms with van der Waals surface area (Å²) in [7, 11) is 0. The van der Waals surface area contributed by atoms with E-state index in [9.17, 15) is 0 Å². The van der Waals surface area contributed by atoms with E-state index in [-0.39, 0.29) is 12.7 Å². The highest BCUT2D eigenvalue weighted by molar-refractivity contribution is 4.61. The Morgan fingerprint density at radius 2 is 2.22 bits per heavy atom. The molecule has 1 atom stereocenters. The first kappa shape index (κ1) is 8.92. The van der Waals surface area contributed by atoms with Crippen molar-refractivity contribution in [2.75, 3.05) is 13.2 Å². The molecule has 1 aliphatic heterocycles. The van der Waals surface area contributed by atoms with Crippen LogP contribution in [0.1, 0.15) is 26.7 Å². The Hall–Kier alpha value is -0.0800. The summed E-state index contributed by atoms with van der Waals surface area (Å²) in [5.74, 6) is 0. The summed E-state index contributed by atoms with van der Waals surface area (Å²) < 4.78 is 5.05. The number of aliphatic hydroxyl groups excluding tert-OH is 1. The van der Waals surface area contributed by atoms with E-state index in [1.54, 1.807) is 0 Å². The molecule has 1 saturated heterocycles. The Morgan fingerprint density at radius 1 is 1.56 bits per heavy atom. The lowest BCUT2D eigenvalue weighted by atomic mass is 10.2. The van der Waals surface area contributed by atoms with Gasteiger partial charge in [0.2, 0.25) is 0 Å². The average Bonchev–Trinajstić information content (AvgIpc) is 2.43. The number of ether oxygens (including phenoxy) is 1. The van der Waals surface area contributed by atoms with E-state index < -0.39 is 0 Å². The molecule has 0 spiro atoms. The molecule has 0 aromatic rings. The Kier molecular flexibility index (Phi) is 5.99. The molecule has 2 nitrogen and oxygen atoms in total. The van der Waals surface area contributed by atoms with Gasteiger partial charge in [-0.05, 0) is 12.8 Å². The molecule has 0 bridgehead atoms. The summed E-state index contributed by atoms with van der Waals surface area (Å²) in [4.78, 5) is 0. The van der Waals surface area contributed by atoms with Crippen LogP contribution in [0.15, 0.2) is 0 Å². The molecule has 1 fully saturated rings. The minimum atomic E-state index is 0.153. The van der Waals surface area contributed by atoms with Gasteiger partial charge in [-0.25, -0.2) is 0 Å². The minimum Gasteiger partial charge on any atom is -0.394 e. The highest BCUT2D eigenvalue weighted by atomic mass is 16.5. The van der Waals surface area contributed by atoms with Crippen molar-refractivity contribution in [2.24, 2.45) is 0 Å². The van der Waals surface area contributed by atoms with Gasteiger partial charge in [-0.3, -0.25) is 0 Å². The zero-order valence-corrected chi connectivity index (χ0v) is 6.26. The summed E-state index contributed by atoms with van der Waals surface area (Å²) in [6.45, 7) is 5.03. The fourth-order valence-corrected chi connectivity index (χ4v) is 0.788. The van der Waals surface area contributed by atoms with Gasteiger partial charge >= 0.3 is 0 Å². The second-order valence-electron chi connectivity index (χ2n) is 1.82. The molecule has 1 aliphatic rings. The lowest BCUT2D eigenvalue weighted by molar-refractivity contribution is 0.0591. The van der Waals surface area contributed by atoms with Gasteiger partial charge in [0.25, 0.3) is 0 Å². The zero-order valence-electron chi connectivity index (χ0n) is 6.26. The molecule has 0 aromatic carbocycles. The van der Waals surface area contributed by atoms with Crippen LogP contribution in [0.4, 0.5) is 0 Å². The molecule has 0 radical (unpaired) electrons. The van der Waals surface area contributed by atoms with Crippen LogP contribution in [0, 0.1) is 0 Å². The molecule has 56 valence electrons. The van der Waals surface area contributed by atoms with Gasteiger partial charge in [-0.1, -0.05) is 13.8 Å². The Bertz CT molecular complexity index is 48.9. The molecule has 0 aliphatic carbocycles. The molecule has 0 saturated carbocycles. The highest BCUT2D eigenvalue weighted by Gasteiger charge is 2.12. The smallest absolute Gasteiger partial charge is 0.0806 e. The molecular weight excluding hydrogens is 116 g/mol. The molecule has 9 heavy (non-hydrogen) atoms. The fraction of sp³-hybridized carbons (Fsp3) is 1.00. The Balaban J connectivity index is 0.000000291. The maximum Gasteiger partial charge on any atom is 0.0806 e. The van der Waals surface area contributed by atoms with Crippen LogP contribution in [0.25, 0.3) is 0 Å². The number of rotatable bonds is 1. The quantitative estimate of drug-likeness (QED) is 0.580. The molecular formula is C7H16O2. The van der Waals surface area contributed by atoms with E-state index in [1.165, 1.54) is 0 Å². The van der Waals surface area contributed by atoms with Gasteiger partial charge in [0.15, 0.2) is 0 Å². The molecule has 1 rings (SSSR count). The highest BCUT2D eigenvalue weighted by Crippen LogP contribution is 2.09. The van der Waals surface area contributed by atoms with Crippen molar-refractivity contribution in [1.29, 1.82) is 0 Å². The summed E-state index contributed by atoms with van der Waals surface area (Å²) in [6, 6.07) is 0. The van der Waals surface area contributed by atoms with Crippen LogP contribution < -0.4 is 0 Å². The van der Waals surface area contributed by atoms with E-state index >= 15 is 0 Å². The van der Waals surface area contributed by atoms with Gasteiger partial charge in [0.1, 0.15) is 0 Å². The second kappa shape index (κ2) is 6.05. The first-order valence-corrected chi connectivity index (χ1v) is 3.66. The molecule has 0 unspecified atom stereocenters. The van der Waals surface area contributed by atoms with E-state index in [0.717, 1.165) is 19.4 Å². The summed E-state index contributed by atoms with van der Waals surface area (Å²) >= 11 is 0. The van der Waals surface area contributed by atoms with Gasteiger partial charge in [-0.15, -0.1) is 0 Å². The third-order valence-electron chi connectivity index (χ3n) is 1.23. The van der Waals surface area contributed by atoms with E-state index in [4.69, 9.17) is 9.84 Å². The number of hydrogen-bond acceptors (Lipinski definition) is 2. The second-order valence-corrected chi connectivity index (χ2v) is 1.82. The van der Waals surface area contributed by atoms with Crippen LogP contribution in [-0.4, -0.2) is 24.4 Å². The fourth-order valence-electron chi connectivity index (χ4n) is 0.788. The summed E-state index contributed by atoms with van der Waals surface area (Å²) in [5.41, 5.74) is 0. The lowest BCUT2D eigenvalue weighted by Gasteiger charge is -2.00. The van der Waals surface area contributed by atoms with Crippen molar-refractivity contribution < 1.29 is 9.84 Å². The number of aliphatic hydroxyl groups is 1. The topological polar surface area (TPSA) is 29.5 Å². The normalized spacial score (nSPS) is 25.0. The summed E-state index contributed by atoms with van der Waals surface area (Å²) in [5, 5.41) is 8.44. The zero-order chi connectivity index (χ0) is 7.11. The van der Waals surface area contributed by atoms with Crippen LogP contribution in [0.3, 0.4) is 0 Å². The van der Waals surface area contributed by atoms with Crippen molar-refractivity contribution >= 4 is 0 Å². The monoisotopic (exact) mass is 132 g/mol. The maximum atomic E-state index is 8.44. The first-order valence-electron chi connectivity index (χ1n) is 3.66. The van der Waals surface area contributed by atoms with Crippen LogP contribution in [0.2, 0.25) is 0 Å². The van der Waals surface area contributed by atoms with Crippen molar-refractivity contribution in [1.82, 2.24) is 0 Å². The molecule has 1 heterocycles. The maximum absolute atomic E-state index is 8.44. The molecule has 0 aromatic heterocycles. The molecule has 2 heteroatoms. The van der Waals surface area contributed by atoms with Crippen molar-refractivity contribution in [3.8, 4) is 0 Å². The van der Waals surface area contributed by atoms with Crippen LogP contribution >= 0.6 is 0 Å². The van der Waals surface area contributed by atoms with Gasteiger partial charge in [0, 0.05) is 6.61 Å². The number of hydrogen-bond donors (Lipinski definition) is 1. The molecule has 0 amide bonds. The van der Waals surface area contributed by atoms with Gasteiger partial charge < -0.3 is 9.84 Å². The van der Waals surface area contributed by atoms with Crippen molar-refractivity contribution in [2.45, 2.75) is 32.8 Å². The Morgan fingerprint density at radius 3 is 2.44 bits per heavy atom. The third-order valence-corrected chi connectivity index (χ3v) is 1.23. The predicted octanol–water partition coefficient (Wildman–Crippen LogP) is 1.18. The minimum absolute atomic E-state index is 0.153. The largest absolute Gasteiger partial charge is 0.394 e. The van der Waals surface area contributed by atoms with E-state index in [0.29, 0.717) is 0 Å². The third kappa shape index (κ3) is 3.49. The van der Waals surface area contributed by atoms with Crippen molar-refractivity contribution in [3.05, 3.63) is 0 Å². The summed E-state index contributed by atoms with van der Waals surface area (Å²) in [6.07, 6.45) is 2.31. The van der Waals surface area contributed by atoms with Gasteiger partial charge in [-0.2, -0.15) is 0 Å². The van der Waals surface area contributed by atoms with Crippen molar-refractivity contribution in [3.63, 3.8) is 0 Å². The lowest BCUT2D eigenvalue weighted by Crippen LogP contribution is -2.09. The molecule has 1 N–H and O–H groups in total. The SMILES string of the molecule is CC.OC[C@@H]1CCCO1. The first-order chi connectivity index (χ1) is 4.43. The average molecular weight is 132 g/mol. The van der Waals surface area contributed by atoms with Crippen LogP contribution in [0.5, 0.6) is 0 Å². The van der Waals surface area contributed by atoms with Crippen LogP contribution in [-0.2, 0) is 4.74 Å². The Labute approximate surface area is 56.8 Å².